The Morgan fingerprint density at radius 2 is 1.70 bits per heavy atom. The molecule has 0 radical (unpaired) electrons. The molecule has 0 fully saturated rings. The quantitative estimate of drug-likeness (QED) is 0.665. The molecule has 1 heterocycles. The molecule has 3 aromatic rings. The molecule has 0 spiro atoms. The van der Waals surface area contributed by atoms with Gasteiger partial charge in [-0.3, -0.25) is 4.79 Å². The lowest BCUT2D eigenvalue weighted by Crippen LogP contribution is -2.30. The molecule has 0 aliphatic rings. The summed E-state index contributed by atoms with van der Waals surface area (Å²) in [7, 11) is 0. The number of amides is 1. The highest BCUT2D eigenvalue weighted by Crippen LogP contribution is 2.23. The monoisotopic (exact) mass is 364 g/mol. The van der Waals surface area contributed by atoms with Gasteiger partial charge in [0.1, 0.15) is 0 Å². The lowest BCUT2D eigenvalue weighted by Gasteiger charge is -2.16. The first kappa shape index (κ1) is 18.7. The Balaban J connectivity index is 1.73. The predicted molar refractivity (Wildman–Crippen MR) is 107 cm³/mol. The molecule has 0 aliphatic heterocycles. The van der Waals surface area contributed by atoms with Crippen LogP contribution in [-0.4, -0.2) is 23.0 Å². The molecule has 5 nitrogen and oxygen atoms in total. The predicted octanol–water partition coefficient (Wildman–Crippen LogP) is 4.59. The Bertz CT molecular complexity index is 1010. The lowest BCUT2D eigenvalue weighted by molar-refractivity contribution is -0.123. The van der Waals surface area contributed by atoms with E-state index in [-0.39, 0.29) is 5.91 Å². The van der Waals surface area contributed by atoms with Gasteiger partial charge in [-0.15, -0.1) is 0 Å². The van der Waals surface area contributed by atoms with Crippen molar-refractivity contribution in [2.45, 2.75) is 40.7 Å². The van der Waals surface area contributed by atoms with Gasteiger partial charge < -0.3 is 15.0 Å². The fourth-order valence-electron chi connectivity index (χ4n) is 3.11. The van der Waals surface area contributed by atoms with Gasteiger partial charge in [-0.1, -0.05) is 18.2 Å². The summed E-state index contributed by atoms with van der Waals surface area (Å²) in [6.45, 7) is 9.42. The zero-order chi connectivity index (χ0) is 19.7. The van der Waals surface area contributed by atoms with Gasteiger partial charge in [0.05, 0.1) is 5.56 Å². The van der Waals surface area contributed by atoms with Gasteiger partial charge in [0.25, 0.3) is 5.91 Å². The zero-order valence-electron chi connectivity index (χ0n) is 16.3. The van der Waals surface area contributed by atoms with Crippen molar-refractivity contribution in [3.8, 4) is 0 Å². The van der Waals surface area contributed by atoms with Crippen LogP contribution in [0.15, 0.2) is 36.4 Å². The Hall–Kier alpha value is -3.08. The van der Waals surface area contributed by atoms with Crippen molar-refractivity contribution < 1.29 is 14.3 Å². The third-order valence-corrected chi connectivity index (χ3v) is 4.93. The number of hydrogen-bond donors (Lipinski definition) is 2. The number of H-pyrrole nitrogens is 1. The standard InChI is InChI=1S/C22H24N2O3/c1-12-7-6-8-13(2)20(12)24-21(25)16(5)27-22(26)17-9-10-19-18(11-17)14(3)15(4)23-19/h6-11,16,23H,1-5H3,(H,24,25)/t16-/m0/s1. The van der Waals surface area contributed by atoms with Crippen molar-refractivity contribution in [2.24, 2.45) is 0 Å². The van der Waals surface area contributed by atoms with Crippen LogP contribution in [0.4, 0.5) is 5.69 Å². The van der Waals surface area contributed by atoms with Crippen molar-refractivity contribution >= 4 is 28.5 Å². The molecule has 0 saturated carbocycles. The van der Waals surface area contributed by atoms with E-state index in [2.05, 4.69) is 10.3 Å². The van der Waals surface area contributed by atoms with Crippen LogP contribution in [0.5, 0.6) is 0 Å². The van der Waals surface area contributed by atoms with Gasteiger partial charge in [0, 0.05) is 22.3 Å². The lowest BCUT2D eigenvalue weighted by atomic mass is 10.1. The minimum absolute atomic E-state index is 0.351. The van der Waals surface area contributed by atoms with E-state index in [4.69, 9.17) is 4.74 Å². The first-order valence-electron chi connectivity index (χ1n) is 8.95. The van der Waals surface area contributed by atoms with Crippen LogP contribution in [0.25, 0.3) is 10.9 Å². The number of benzene rings is 2. The summed E-state index contributed by atoms with van der Waals surface area (Å²) in [6, 6.07) is 11.1. The summed E-state index contributed by atoms with van der Waals surface area (Å²) in [5, 5.41) is 3.84. The second kappa shape index (κ2) is 7.27. The van der Waals surface area contributed by atoms with Gasteiger partial charge in [-0.2, -0.15) is 0 Å². The van der Waals surface area contributed by atoms with E-state index in [0.717, 1.165) is 39.0 Å². The maximum absolute atomic E-state index is 12.5. The molecule has 1 amide bonds. The molecular weight excluding hydrogens is 340 g/mol. The molecule has 1 atom stereocenters. The van der Waals surface area contributed by atoms with Crippen molar-refractivity contribution in [2.75, 3.05) is 5.32 Å². The Labute approximate surface area is 158 Å². The number of ether oxygens (including phenoxy) is 1. The molecule has 0 saturated heterocycles. The molecule has 0 aliphatic carbocycles. The van der Waals surface area contributed by atoms with Gasteiger partial charge in [0.2, 0.25) is 0 Å². The number of nitrogens with one attached hydrogen (secondary N) is 2. The van der Waals surface area contributed by atoms with Crippen LogP contribution in [0.3, 0.4) is 0 Å². The van der Waals surface area contributed by atoms with E-state index in [1.807, 2.05) is 52.0 Å². The molecule has 140 valence electrons. The zero-order valence-corrected chi connectivity index (χ0v) is 16.3. The third kappa shape index (κ3) is 3.72. The highest BCUT2D eigenvalue weighted by molar-refractivity contribution is 6.00. The molecule has 2 aromatic carbocycles. The molecule has 1 aromatic heterocycles. The summed E-state index contributed by atoms with van der Waals surface area (Å²) in [5.74, 6) is -0.866. The van der Waals surface area contributed by atoms with E-state index in [9.17, 15) is 9.59 Å². The summed E-state index contributed by atoms with van der Waals surface area (Å²) in [6.07, 6.45) is -0.902. The van der Waals surface area contributed by atoms with Gasteiger partial charge in [-0.05, 0) is 69.5 Å². The molecule has 0 bridgehead atoms. The largest absolute Gasteiger partial charge is 0.449 e. The van der Waals surface area contributed by atoms with Crippen molar-refractivity contribution in [3.05, 3.63) is 64.3 Å². The van der Waals surface area contributed by atoms with E-state index in [1.165, 1.54) is 0 Å². The van der Waals surface area contributed by atoms with Crippen molar-refractivity contribution in [1.29, 1.82) is 0 Å². The fourth-order valence-corrected chi connectivity index (χ4v) is 3.11. The van der Waals surface area contributed by atoms with E-state index < -0.39 is 12.1 Å². The molecule has 0 unspecified atom stereocenters. The minimum atomic E-state index is -0.902. The number of aryl methyl sites for hydroxylation is 4. The number of rotatable bonds is 4. The SMILES string of the molecule is Cc1cccc(C)c1NC(=O)[C@H](C)OC(=O)c1ccc2[nH]c(C)c(C)c2c1. The number of carbonyl (C=O) groups excluding carboxylic acids is 2. The average molecular weight is 364 g/mol. The maximum Gasteiger partial charge on any atom is 0.338 e. The summed E-state index contributed by atoms with van der Waals surface area (Å²) in [4.78, 5) is 28.2. The summed E-state index contributed by atoms with van der Waals surface area (Å²) < 4.78 is 5.38. The van der Waals surface area contributed by atoms with Gasteiger partial charge in [-0.25, -0.2) is 4.79 Å². The number of para-hydroxylation sites is 1. The second-order valence-corrected chi connectivity index (χ2v) is 6.94. The summed E-state index contributed by atoms with van der Waals surface area (Å²) in [5.41, 5.74) is 6.25. The van der Waals surface area contributed by atoms with Crippen LogP contribution >= 0.6 is 0 Å². The summed E-state index contributed by atoms with van der Waals surface area (Å²) >= 11 is 0. The molecule has 5 heteroatoms. The number of anilines is 1. The number of fused-ring (bicyclic) bond motifs is 1. The topological polar surface area (TPSA) is 71.2 Å². The smallest absolute Gasteiger partial charge is 0.338 e. The maximum atomic E-state index is 12.5. The number of hydrogen-bond acceptors (Lipinski definition) is 3. The third-order valence-electron chi connectivity index (χ3n) is 4.93. The van der Waals surface area contributed by atoms with Crippen molar-refractivity contribution in [1.82, 2.24) is 4.98 Å². The molecular formula is C22H24N2O3. The number of aromatic nitrogens is 1. The van der Waals surface area contributed by atoms with Crippen LogP contribution in [-0.2, 0) is 9.53 Å². The number of esters is 1. The van der Waals surface area contributed by atoms with Crippen molar-refractivity contribution in [3.63, 3.8) is 0 Å². The average Bonchev–Trinajstić information content (AvgIpc) is 2.91. The minimum Gasteiger partial charge on any atom is -0.449 e. The van der Waals surface area contributed by atoms with Crippen LogP contribution in [0.1, 0.15) is 39.7 Å². The second-order valence-electron chi connectivity index (χ2n) is 6.94. The highest BCUT2D eigenvalue weighted by Gasteiger charge is 2.20. The molecule has 3 rings (SSSR count). The van der Waals surface area contributed by atoms with E-state index >= 15 is 0 Å². The van der Waals surface area contributed by atoms with Crippen LogP contribution in [0, 0.1) is 27.7 Å². The van der Waals surface area contributed by atoms with Crippen LogP contribution < -0.4 is 5.32 Å². The number of aromatic amines is 1. The first-order chi connectivity index (χ1) is 12.8. The highest BCUT2D eigenvalue weighted by atomic mass is 16.5. The Morgan fingerprint density at radius 1 is 1.04 bits per heavy atom. The fraction of sp³-hybridized carbons (Fsp3) is 0.273. The van der Waals surface area contributed by atoms with E-state index in [0.29, 0.717) is 5.56 Å². The Kier molecular flexibility index (Phi) is 5.04. The number of carbonyl (C=O) groups is 2. The molecule has 2 N–H and O–H groups in total. The van der Waals surface area contributed by atoms with E-state index in [1.54, 1.807) is 19.1 Å². The van der Waals surface area contributed by atoms with Gasteiger partial charge in [0.15, 0.2) is 6.10 Å². The molecule has 27 heavy (non-hydrogen) atoms. The van der Waals surface area contributed by atoms with Crippen LogP contribution in [0.2, 0.25) is 0 Å². The van der Waals surface area contributed by atoms with Gasteiger partial charge >= 0.3 is 5.97 Å². The first-order valence-corrected chi connectivity index (χ1v) is 8.95. The Morgan fingerprint density at radius 3 is 2.37 bits per heavy atom. The normalized spacial score (nSPS) is 12.0.